The van der Waals surface area contributed by atoms with Crippen LogP contribution in [0, 0.1) is 13.8 Å². The number of rotatable bonds is 9. The molecule has 7 heteroatoms. The number of hydrogen-bond donors (Lipinski definition) is 2. The maximum atomic E-state index is 10.6. The standard InChI is InChI=1S/C18H22ClN3O2S/c1-12-6-5-8-14(13(12)2)7-3-4-9-20-16-10-15(19)21-18(22-16)25-11-17(23)24/h5-6,8,10H,3-4,7,9,11H2,1-2H3,(H,23,24)(H,20,21,22). The Kier molecular flexibility index (Phi) is 7.52. The van der Waals surface area contributed by atoms with E-state index in [2.05, 4.69) is 47.3 Å². The molecule has 2 N–H and O–H groups in total. The number of hydrogen-bond acceptors (Lipinski definition) is 5. The maximum absolute atomic E-state index is 10.6. The van der Waals surface area contributed by atoms with Gasteiger partial charge < -0.3 is 10.4 Å². The van der Waals surface area contributed by atoms with Crippen molar-refractivity contribution in [1.82, 2.24) is 9.97 Å². The number of carboxylic acid groups (broad SMARTS) is 1. The fourth-order valence-electron chi connectivity index (χ4n) is 2.42. The van der Waals surface area contributed by atoms with Gasteiger partial charge in [0, 0.05) is 12.6 Å². The van der Waals surface area contributed by atoms with E-state index in [9.17, 15) is 4.79 Å². The van der Waals surface area contributed by atoms with Crippen LogP contribution in [0.3, 0.4) is 0 Å². The molecular formula is C18H22ClN3O2S. The summed E-state index contributed by atoms with van der Waals surface area (Å²) in [4.78, 5) is 18.9. The topological polar surface area (TPSA) is 75.1 Å². The highest BCUT2D eigenvalue weighted by Crippen LogP contribution is 2.19. The molecule has 0 unspecified atom stereocenters. The molecule has 2 aromatic rings. The van der Waals surface area contributed by atoms with E-state index in [0.29, 0.717) is 16.1 Å². The molecule has 0 amide bonds. The predicted octanol–water partition coefficient (Wildman–Crippen LogP) is 4.36. The lowest BCUT2D eigenvalue weighted by atomic mass is 9.99. The summed E-state index contributed by atoms with van der Waals surface area (Å²) in [6.45, 7) is 5.09. The fraction of sp³-hybridized carbons (Fsp3) is 0.389. The lowest BCUT2D eigenvalue weighted by Gasteiger charge is -2.09. The number of nitrogens with zero attached hydrogens (tertiary/aromatic N) is 2. The molecule has 0 aliphatic rings. The average molecular weight is 380 g/mol. The molecule has 0 bridgehead atoms. The van der Waals surface area contributed by atoms with Gasteiger partial charge in [0.15, 0.2) is 5.16 Å². The third kappa shape index (κ3) is 6.55. The van der Waals surface area contributed by atoms with Crippen LogP contribution in [0.1, 0.15) is 29.5 Å². The van der Waals surface area contributed by atoms with E-state index < -0.39 is 5.97 Å². The number of aliphatic carboxylic acids is 1. The predicted molar refractivity (Wildman–Crippen MR) is 103 cm³/mol. The van der Waals surface area contributed by atoms with Crippen molar-refractivity contribution in [3.8, 4) is 0 Å². The molecule has 0 saturated carbocycles. The van der Waals surface area contributed by atoms with Gasteiger partial charge in [-0.3, -0.25) is 4.79 Å². The van der Waals surface area contributed by atoms with Gasteiger partial charge in [0.25, 0.3) is 0 Å². The first kappa shape index (κ1) is 19.5. The Morgan fingerprint density at radius 3 is 2.84 bits per heavy atom. The van der Waals surface area contributed by atoms with Crippen LogP contribution in [0.25, 0.3) is 0 Å². The van der Waals surface area contributed by atoms with Gasteiger partial charge in [-0.2, -0.15) is 0 Å². The number of thioether (sulfide) groups is 1. The van der Waals surface area contributed by atoms with Crippen LogP contribution in [-0.2, 0) is 11.2 Å². The first-order valence-corrected chi connectivity index (χ1v) is 9.50. The van der Waals surface area contributed by atoms with Crippen LogP contribution in [0.15, 0.2) is 29.4 Å². The zero-order valence-electron chi connectivity index (χ0n) is 14.4. The van der Waals surface area contributed by atoms with E-state index in [-0.39, 0.29) is 5.75 Å². The monoisotopic (exact) mass is 379 g/mol. The summed E-state index contributed by atoms with van der Waals surface area (Å²) in [6.07, 6.45) is 3.14. The zero-order chi connectivity index (χ0) is 18.2. The molecule has 1 aromatic heterocycles. The highest BCUT2D eigenvalue weighted by atomic mass is 35.5. The number of aromatic nitrogens is 2. The third-order valence-electron chi connectivity index (χ3n) is 3.89. The van der Waals surface area contributed by atoms with Gasteiger partial charge in [-0.05, 0) is 49.8 Å². The second kappa shape index (κ2) is 9.63. The smallest absolute Gasteiger partial charge is 0.313 e. The van der Waals surface area contributed by atoms with Crippen molar-refractivity contribution in [2.24, 2.45) is 0 Å². The minimum atomic E-state index is -0.908. The Labute approximate surface area is 157 Å². The van der Waals surface area contributed by atoms with Gasteiger partial charge in [-0.1, -0.05) is 41.6 Å². The molecule has 0 radical (unpaired) electrons. The van der Waals surface area contributed by atoms with Gasteiger partial charge in [0.2, 0.25) is 0 Å². The Hall–Kier alpha value is -1.79. The molecule has 5 nitrogen and oxygen atoms in total. The van der Waals surface area contributed by atoms with Crippen molar-refractivity contribution in [2.45, 2.75) is 38.3 Å². The zero-order valence-corrected chi connectivity index (χ0v) is 16.0. The van der Waals surface area contributed by atoms with E-state index >= 15 is 0 Å². The molecule has 0 fully saturated rings. The number of anilines is 1. The highest BCUT2D eigenvalue weighted by Gasteiger charge is 2.07. The molecule has 2 rings (SSSR count). The molecule has 0 saturated heterocycles. The van der Waals surface area contributed by atoms with Crippen molar-refractivity contribution in [3.05, 3.63) is 46.1 Å². The Bertz CT molecular complexity index is 740. The van der Waals surface area contributed by atoms with Crippen LogP contribution < -0.4 is 5.32 Å². The van der Waals surface area contributed by atoms with Gasteiger partial charge in [-0.25, -0.2) is 9.97 Å². The number of benzene rings is 1. The molecular weight excluding hydrogens is 358 g/mol. The summed E-state index contributed by atoms with van der Waals surface area (Å²) in [7, 11) is 0. The van der Waals surface area contributed by atoms with Crippen LogP contribution >= 0.6 is 23.4 Å². The lowest BCUT2D eigenvalue weighted by Crippen LogP contribution is -2.06. The second-order valence-electron chi connectivity index (χ2n) is 5.78. The fourth-order valence-corrected chi connectivity index (χ4v) is 3.23. The van der Waals surface area contributed by atoms with Crippen LogP contribution in [-0.4, -0.2) is 33.3 Å². The number of halogens is 1. The van der Waals surface area contributed by atoms with E-state index in [1.54, 1.807) is 6.07 Å². The van der Waals surface area contributed by atoms with Crippen molar-refractivity contribution >= 4 is 35.1 Å². The summed E-state index contributed by atoms with van der Waals surface area (Å²) >= 11 is 7.02. The van der Waals surface area contributed by atoms with E-state index in [0.717, 1.165) is 37.6 Å². The SMILES string of the molecule is Cc1cccc(CCCCNc2cc(Cl)nc(SCC(=O)O)n2)c1C. The minimum absolute atomic E-state index is 0.0877. The average Bonchev–Trinajstić information content (AvgIpc) is 2.56. The Morgan fingerprint density at radius 2 is 2.08 bits per heavy atom. The van der Waals surface area contributed by atoms with E-state index in [1.165, 1.54) is 16.7 Å². The van der Waals surface area contributed by atoms with Gasteiger partial charge in [0.1, 0.15) is 11.0 Å². The maximum Gasteiger partial charge on any atom is 0.313 e. The summed E-state index contributed by atoms with van der Waals surface area (Å²) in [5, 5.41) is 12.6. The third-order valence-corrected chi connectivity index (χ3v) is 4.92. The molecule has 25 heavy (non-hydrogen) atoms. The summed E-state index contributed by atoms with van der Waals surface area (Å²) in [6, 6.07) is 8.08. The molecule has 0 aliphatic heterocycles. The number of carboxylic acids is 1. The highest BCUT2D eigenvalue weighted by molar-refractivity contribution is 7.99. The molecule has 0 aliphatic carbocycles. The van der Waals surface area contributed by atoms with Gasteiger partial charge >= 0.3 is 5.97 Å². The Morgan fingerprint density at radius 1 is 1.28 bits per heavy atom. The van der Waals surface area contributed by atoms with Crippen LogP contribution in [0.2, 0.25) is 5.15 Å². The molecule has 1 heterocycles. The van der Waals surface area contributed by atoms with Crippen LogP contribution in [0.4, 0.5) is 5.82 Å². The molecule has 0 spiro atoms. The first-order chi connectivity index (χ1) is 12.0. The van der Waals surface area contributed by atoms with Crippen molar-refractivity contribution in [1.29, 1.82) is 0 Å². The van der Waals surface area contributed by atoms with Crippen molar-refractivity contribution in [3.63, 3.8) is 0 Å². The largest absolute Gasteiger partial charge is 0.481 e. The number of aryl methyl sites for hydroxylation is 2. The number of unbranched alkanes of at least 4 members (excludes halogenated alkanes) is 1. The molecule has 1 aromatic carbocycles. The summed E-state index contributed by atoms with van der Waals surface area (Å²) < 4.78 is 0. The lowest BCUT2D eigenvalue weighted by molar-refractivity contribution is -0.133. The van der Waals surface area contributed by atoms with Crippen LogP contribution in [0.5, 0.6) is 0 Å². The first-order valence-electron chi connectivity index (χ1n) is 8.14. The normalized spacial score (nSPS) is 10.7. The van der Waals surface area contributed by atoms with E-state index in [1.807, 2.05) is 0 Å². The minimum Gasteiger partial charge on any atom is -0.481 e. The van der Waals surface area contributed by atoms with Gasteiger partial charge in [0.05, 0.1) is 5.75 Å². The van der Waals surface area contributed by atoms with E-state index in [4.69, 9.17) is 16.7 Å². The number of nitrogens with one attached hydrogen (secondary N) is 1. The second-order valence-corrected chi connectivity index (χ2v) is 7.11. The summed E-state index contributed by atoms with van der Waals surface area (Å²) in [5.41, 5.74) is 4.10. The quantitative estimate of drug-likeness (QED) is 0.292. The molecule has 0 atom stereocenters. The molecule has 134 valence electrons. The van der Waals surface area contributed by atoms with Crippen molar-refractivity contribution < 1.29 is 9.90 Å². The van der Waals surface area contributed by atoms with Gasteiger partial charge in [-0.15, -0.1) is 0 Å². The summed E-state index contributed by atoms with van der Waals surface area (Å²) in [5.74, 6) is -0.371. The number of carbonyl (C=O) groups is 1. The Balaban J connectivity index is 1.79. The van der Waals surface area contributed by atoms with Crippen molar-refractivity contribution in [2.75, 3.05) is 17.6 Å².